The monoisotopic (exact) mass is 232 g/mol. The summed E-state index contributed by atoms with van der Waals surface area (Å²) >= 11 is 0. The van der Waals surface area contributed by atoms with Crippen molar-refractivity contribution in [1.82, 2.24) is 5.32 Å². The summed E-state index contributed by atoms with van der Waals surface area (Å²) in [6.45, 7) is 4.15. The van der Waals surface area contributed by atoms with Gasteiger partial charge in [-0.1, -0.05) is 18.2 Å². The molecular formula is C14H20N2O. The van der Waals surface area contributed by atoms with Gasteiger partial charge in [0.15, 0.2) is 0 Å². The second-order valence-corrected chi connectivity index (χ2v) is 5.09. The van der Waals surface area contributed by atoms with Crippen molar-refractivity contribution in [3.8, 4) is 0 Å². The third kappa shape index (κ3) is 3.07. The van der Waals surface area contributed by atoms with E-state index in [4.69, 9.17) is 5.73 Å². The molecule has 1 aliphatic carbocycles. The van der Waals surface area contributed by atoms with Crippen LogP contribution in [0, 0.1) is 13.8 Å². The SMILES string of the molecule is Cc1ccc(CC(=O)NC2CC(N)C2)cc1C. The van der Waals surface area contributed by atoms with Gasteiger partial charge in [0.1, 0.15) is 0 Å². The van der Waals surface area contributed by atoms with E-state index in [1.165, 1.54) is 11.1 Å². The van der Waals surface area contributed by atoms with Gasteiger partial charge in [0.05, 0.1) is 6.42 Å². The molecule has 0 bridgehead atoms. The standard InChI is InChI=1S/C14H20N2O/c1-9-3-4-11(5-10(9)2)6-14(17)16-13-7-12(15)8-13/h3-5,12-13H,6-8,15H2,1-2H3,(H,16,17). The number of carbonyl (C=O) groups is 1. The first kappa shape index (κ1) is 12.1. The van der Waals surface area contributed by atoms with Gasteiger partial charge in [-0.3, -0.25) is 4.79 Å². The van der Waals surface area contributed by atoms with Crippen LogP contribution in [-0.2, 0) is 11.2 Å². The van der Waals surface area contributed by atoms with Gasteiger partial charge in [0.25, 0.3) is 0 Å². The molecule has 0 unspecified atom stereocenters. The molecular weight excluding hydrogens is 212 g/mol. The predicted molar refractivity (Wildman–Crippen MR) is 68.8 cm³/mol. The van der Waals surface area contributed by atoms with Crippen LogP contribution in [0.2, 0.25) is 0 Å². The maximum absolute atomic E-state index is 11.8. The molecule has 0 aromatic heterocycles. The van der Waals surface area contributed by atoms with E-state index in [0.717, 1.165) is 18.4 Å². The maximum atomic E-state index is 11.8. The summed E-state index contributed by atoms with van der Waals surface area (Å²) in [7, 11) is 0. The van der Waals surface area contributed by atoms with Gasteiger partial charge in [-0.15, -0.1) is 0 Å². The molecule has 17 heavy (non-hydrogen) atoms. The van der Waals surface area contributed by atoms with Gasteiger partial charge in [-0.2, -0.15) is 0 Å². The van der Waals surface area contributed by atoms with Crippen LogP contribution >= 0.6 is 0 Å². The van der Waals surface area contributed by atoms with Crippen LogP contribution in [0.25, 0.3) is 0 Å². The Hall–Kier alpha value is -1.35. The molecule has 2 rings (SSSR count). The highest BCUT2D eigenvalue weighted by atomic mass is 16.1. The van der Waals surface area contributed by atoms with Crippen LogP contribution < -0.4 is 11.1 Å². The molecule has 1 amide bonds. The lowest BCUT2D eigenvalue weighted by atomic mass is 9.87. The highest BCUT2D eigenvalue weighted by Gasteiger charge is 2.26. The Morgan fingerprint density at radius 1 is 1.35 bits per heavy atom. The first-order valence-corrected chi connectivity index (χ1v) is 6.15. The highest BCUT2D eigenvalue weighted by Crippen LogP contribution is 2.17. The Morgan fingerprint density at radius 3 is 2.65 bits per heavy atom. The van der Waals surface area contributed by atoms with Gasteiger partial charge in [0.2, 0.25) is 5.91 Å². The molecule has 0 saturated heterocycles. The molecule has 1 aliphatic rings. The number of carbonyl (C=O) groups excluding carboxylic acids is 1. The largest absolute Gasteiger partial charge is 0.353 e. The summed E-state index contributed by atoms with van der Waals surface area (Å²) in [5, 5.41) is 3.01. The van der Waals surface area contributed by atoms with Crippen molar-refractivity contribution < 1.29 is 4.79 Å². The van der Waals surface area contributed by atoms with E-state index in [9.17, 15) is 4.79 Å². The van der Waals surface area contributed by atoms with Gasteiger partial charge >= 0.3 is 0 Å². The zero-order valence-electron chi connectivity index (χ0n) is 10.5. The highest BCUT2D eigenvalue weighted by molar-refractivity contribution is 5.79. The maximum Gasteiger partial charge on any atom is 0.224 e. The molecule has 3 heteroatoms. The van der Waals surface area contributed by atoms with Crippen LogP contribution in [0.4, 0.5) is 0 Å². The summed E-state index contributed by atoms with van der Waals surface area (Å²) in [5.74, 6) is 0.102. The van der Waals surface area contributed by atoms with E-state index in [1.54, 1.807) is 0 Å². The molecule has 0 radical (unpaired) electrons. The van der Waals surface area contributed by atoms with Crippen molar-refractivity contribution in [2.75, 3.05) is 0 Å². The molecule has 1 saturated carbocycles. The number of nitrogens with one attached hydrogen (secondary N) is 1. The molecule has 3 N–H and O–H groups in total. The smallest absolute Gasteiger partial charge is 0.224 e. The fourth-order valence-corrected chi connectivity index (χ4v) is 2.16. The van der Waals surface area contributed by atoms with Crippen molar-refractivity contribution in [2.45, 2.75) is 45.2 Å². The summed E-state index contributed by atoms with van der Waals surface area (Å²) < 4.78 is 0. The average Bonchev–Trinajstić information content (AvgIpc) is 2.21. The predicted octanol–water partition coefficient (Wildman–Crippen LogP) is 1.45. The van der Waals surface area contributed by atoms with E-state index in [0.29, 0.717) is 12.5 Å². The zero-order valence-corrected chi connectivity index (χ0v) is 10.5. The van der Waals surface area contributed by atoms with Crippen molar-refractivity contribution >= 4 is 5.91 Å². The summed E-state index contributed by atoms with van der Waals surface area (Å²) in [6, 6.07) is 6.75. The number of aryl methyl sites for hydroxylation is 2. The Balaban J connectivity index is 1.87. The fourth-order valence-electron chi connectivity index (χ4n) is 2.16. The number of hydrogen-bond acceptors (Lipinski definition) is 2. The number of benzene rings is 1. The molecule has 92 valence electrons. The minimum Gasteiger partial charge on any atom is -0.353 e. The Labute approximate surface area is 102 Å². The van der Waals surface area contributed by atoms with Crippen LogP contribution in [0.5, 0.6) is 0 Å². The number of hydrogen-bond donors (Lipinski definition) is 2. The van der Waals surface area contributed by atoms with Gasteiger partial charge in [0, 0.05) is 12.1 Å². The van der Waals surface area contributed by atoms with Crippen molar-refractivity contribution in [1.29, 1.82) is 0 Å². The van der Waals surface area contributed by atoms with E-state index < -0.39 is 0 Å². The Bertz CT molecular complexity index is 422. The molecule has 0 aliphatic heterocycles. The first-order valence-electron chi connectivity index (χ1n) is 6.15. The van der Waals surface area contributed by atoms with E-state index in [1.807, 2.05) is 6.07 Å². The molecule has 0 atom stereocenters. The third-order valence-electron chi connectivity index (χ3n) is 3.48. The average molecular weight is 232 g/mol. The van der Waals surface area contributed by atoms with Gasteiger partial charge < -0.3 is 11.1 Å². The topological polar surface area (TPSA) is 55.1 Å². The minimum atomic E-state index is 0.102. The molecule has 3 nitrogen and oxygen atoms in total. The Morgan fingerprint density at radius 2 is 2.06 bits per heavy atom. The zero-order chi connectivity index (χ0) is 12.4. The molecule has 1 fully saturated rings. The first-order chi connectivity index (χ1) is 8.04. The van der Waals surface area contributed by atoms with Gasteiger partial charge in [-0.25, -0.2) is 0 Å². The van der Waals surface area contributed by atoms with Crippen molar-refractivity contribution in [2.24, 2.45) is 5.73 Å². The van der Waals surface area contributed by atoms with Crippen LogP contribution in [-0.4, -0.2) is 18.0 Å². The third-order valence-corrected chi connectivity index (χ3v) is 3.48. The van der Waals surface area contributed by atoms with E-state index in [2.05, 4.69) is 31.3 Å². The molecule has 1 aromatic carbocycles. The van der Waals surface area contributed by atoms with Crippen LogP contribution in [0.15, 0.2) is 18.2 Å². The van der Waals surface area contributed by atoms with Crippen molar-refractivity contribution in [3.63, 3.8) is 0 Å². The number of rotatable bonds is 3. The minimum absolute atomic E-state index is 0.102. The van der Waals surface area contributed by atoms with E-state index >= 15 is 0 Å². The number of nitrogens with two attached hydrogens (primary N) is 1. The van der Waals surface area contributed by atoms with E-state index in [-0.39, 0.29) is 11.9 Å². The lowest BCUT2D eigenvalue weighted by Gasteiger charge is -2.33. The second-order valence-electron chi connectivity index (χ2n) is 5.09. The summed E-state index contributed by atoms with van der Waals surface area (Å²) in [5.41, 5.74) is 9.26. The number of amides is 1. The summed E-state index contributed by atoms with van der Waals surface area (Å²) in [6.07, 6.45) is 2.30. The van der Waals surface area contributed by atoms with Crippen LogP contribution in [0.1, 0.15) is 29.5 Å². The molecule has 0 heterocycles. The second kappa shape index (κ2) is 4.88. The van der Waals surface area contributed by atoms with Crippen LogP contribution in [0.3, 0.4) is 0 Å². The lowest BCUT2D eigenvalue weighted by molar-refractivity contribution is -0.121. The molecule has 1 aromatic rings. The van der Waals surface area contributed by atoms with Gasteiger partial charge in [-0.05, 0) is 43.4 Å². The summed E-state index contributed by atoms with van der Waals surface area (Å²) in [4.78, 5) is 11.8. The Kier molecular flexibility index (Phi) is 3.48. The fraction of sp³-hybridized carbons (Fsp3) is 0.500. The normalized spacial score (nSPS) is 23.0. The lowest BCUT2D eigenvalue weighted by Crippen LogP contribution is -2.50. The molecule has 0 spiro atoms. The quantitative estimate of drug-likeness (QED) is 0.828. The van der Waals surface area contributed by atoms with Crippen molar-refractivity contribution in [3.05, 3.63) is 34.9 Å².